The highest BCUT2D eigenvalue weighted by molar-refractivity contribution is 5.83. The van der Waals surface area contributed by atoms with E-state index in [-0.39, 0.29) is 12.2 Å². The Morgan fingerprint density at radius 2 is 2.33 bits per heavy atom. The number of rotatable bonds is 2. The molecule has 1 aromatic carbocycles. The molecule has 2 rings (SSSR count). The number of nitro groups is 1. The van der Waals surface area contributed by atoms with Crippen molar-refractivity contribution in [1.82, 2.24) is 0 Å². The minimum absolute atomic E-state index is 0.0799. The number of anilines is 1. The zero-order valence-corrected chi connectivity index (χ0v) is 7.64. The SMILES string of the molecule is O=C(O)C1CNc2ccc([N+](=O)[O-])cc21. The topological polar surface area (TPSA) is 92.5 Å². The largest absolute Gasteiger partial charge is 0.481 e. The van der Waals surface area contributed by atoms with E-state index in [0.29, 0.717) is 11.3 Å². The van der Waals surface area contributed by atoms with Crippen molar-refractivity contribution >= 4 is 17.3 Å². The molecule has 1 unspecified atom stereocenters. The molecule has 0 bridgehead atoms. The Kier molecular flexibility index (Phi) is 2.03. The molecule has 0 radical (unpaired) electrons. The van der Waals surface area contributed by atoms with E-state index in [9.17, 15) is 14.9 Å². The van der Waals surface area contributed by atoms with E-state index in [1.807, 2.05) is 0 Å². The Bertz CT molecular complexity index is 444. The number of benzene rings is 1. The van der Waals surface area contributed by atoms with Gasteiger partial charge in [0.2, 0.25) is 0 Å². The van der Waals surface area contributed by atoms with Crippen molar-refractivity contribution in [2.24, 2.45) is 0 Å². The van der Waals surface area contributed by atoms with E-state index < -0.39 is 16.8 Å². The lowest BCUT2D eigenvalue weighted by Crippen LogP contribution is -2.13. The maximum absolute atomic E-state index is 10.8. The lowest BCUT2D eigenvalue weighted by atomic mass is 10.0. The van der Waals surface area contributed by atoms with Crippen LogP contribution in [-0.2, 0) is 4.79 Å². The van der Waals surface area contributed by atoms with Crippen molar-refractivity contribution in [3.8, 4) is 0 Å². The summed E-state index contributed by atoms with van der Waals surface area (Å²) in [5, 5.41) is 22.3. The van der Waals surface area contributed by atoms with Gasteiger partial charge in [0.15, 0.2) is 0 Å². The van der Waals surface area contributed by atoms with Crippen molar-refractivity contribution in [3.63, 3.8) is 0 Å². The van der Waals surface area contributed by atoms with Gasteiger partial charge in [-0.1, -0.05) is 0 Å². The van der Waals surface area contributed by atoms with Crippen LogP contribution in [0.5, 0.6) is 0 Å². The van der Waals surface area contributed by atoms with Crippen LogP contribution in [0.3, 0.4) is 0 Å². The number of hydrogen-bond donors (Lipinski definition) is 2. The molecule has 1 heterocycles. The van der Waals surface area contributed by atoms with Crippen molar-refractivity contribution in [2.45, 2.75) is 5.92 Å². The van der Waals surface area contributed by atoms with Gasteiger partial charge in [0.25, 0.3) is 5.69 Å². The highest BCUT2D eigenvalue weighted by atomic mass is 16.6. The Labute approximate surface area is 84.7 Å². The van der Waals surface area contributed by atoms with E-state index in [4.69, 9.17) is 5.11 Å². The van der Waals surface area contributed by atoms with Crippen molar-refractivity contribution < 1.29 is 14.8 Å². The highest BCUT2D eigenvalue weighted by Crippen LogP contribution is 2.34. The molecule has 1 aliphatic rings. The number of carboxylic acid groups (broad SMARTS) is 1. The standard InChI is InChI=1S/C9H8N2O4/c12-9(13)7-4-10-8-2-1-5(11(14)15)3-6(7)8/h1-3,7,10H,4H2,(H,12,13). The molecule has 0 saturated heterocycles. The second kappa shape index (κ2) is 3.23. The fourth-order valence-corrected chi connectivity index (χ4v) is 1.66. The Balaban J connectivity index is 2.46. The summed E-state index contributed by atoms with van der Waals surface area (Å²) < 4.78 is 0. The van der Waals surface area contributed by atoms with Gasteiger partial charge in [0.05, 0.1) is 4.92 Å². The number of non-ortho nitro benzene ring substituents is 1. The molecule has 1 aliphatic heterocycles. The summed E-state index contributed by atoms with van der Waals surface area (Å²) in [4.78, 5) is 20.8. The van der Waals surface area contributed by atoms with Crippen molar-refractivity contribution in [2.75, 3.05) is 11.9 Å². The molecule has 0 spiro atoms. The van der Waals surface area contributed by atoms with E-state index in [1.54, 1.807) is 0 Å². The first kappa shape index (κ1) is 9.45. The molecule has 2 N–H and O–H groups in total. The van der Waals surface area contributed by atoms with Gasteiger partial charge in [-0.3, -0.25) is 14.9 Å². The lowest BCUT2D eigenvalue weighted by Gasteiger charge is -2.02. The van der Waals surface area contributed by atoms with Crippen LogP contribution in [0.4, 0.5) is 11.4 Å². The summed E-state index contributed by atoms with van der Waals surface area (Å²) in [6.07, 6.45) is 0. The molecule has 0 aromatic heterocycles. The van der Waals surface area contributed by atoms with Gasteiger partial charge < -0.3 is 10.4 Å². The van der Waals surface area contributed by atoms with Gasteiger partial charge in [-0.25, -0.2) is 0 Å². The second-order valence-electron chi connectivity index (χ2n) is 3.30. The van der Waals surface area contributed by atoms with E-state index in [0.717, 1.165) is 0 Å². The third-order valence-electron chi connectivity index (χ3n) is 2.42. The van der Waals surface area contributed by atoms with Gasteiger partial charge in [0.1, 0.15) is 5.92 Å². The molecule has 0 saturated carbocycles. The molecule has 0 aliphatic carbocycles. The summed E-state index contributed by atoms with van der Waals surface area (Å²) in [6, 6.07) is 4.21. The zero-order chi connectivity index (χ0) is 11.0. The predicted molar refractivity (Wildman–Crippen MR) is 52.0 cm³/mol. The summed E-state index contributed by atoms with van der Waals surface area (Å²) in [6.45, 7) is 0.284. The number of fused-ring (bicyclic) bond motifs is 1. The van der Waals surface area contributed by atoms with Crippen LogP contribution >= 0.6 is 0 Å². The minimum atomic E-state index is -0.971. The van der Waals surface area contributed by atoms with Crippen molar-refractivity contribution in [3.05, 3.63) is 33.9 Å². The third-order valence-corrected chi connectivity index (χ3v) is 2.42. The number of carboxylic acids is 1. The van der Waals surface area contributed by atoms with Crippen LogP contribution in [0.2, 0.25) is 0 Å². The van der Waals surface area contributed by atoms with E-state index in [2.05, 4.69) is 5.32 Å². The van der Waals surface area contributed by atoms with Crippen LogP contribution in [0, 0.1) is 10.1 Å². The lowest BCUT2D eigenvalue weighted by molar-refractivity contribution is -0.384. The normalized spacial score (nSPS) is 18.0. The van der Waals surface area contributed by atoms with Crippen molar-refractivity contribution in [1.29, 1.82) is 0 Å². The van der Waals surface area contributed by atoms with Crippen LogP contribution in [0.25, 0.3) is 0 Å². The quantitative estimate of drug-likeness (QED) is 0.562. The number of carbonyl (C=O) groups is 1. The Morgan fingerprint density at radius 1 is 1.60 bits per heavy atom. The number of hydrogen-bond acceptors (Lipinski definition) is 4. The minimum Gasteiger partial charge on any atom is -0.481 e. The monoisotopic (exact) mass is 208 g/mol. The Hall–Kier alpha value is -2.11. The fraction of sp³-hybridized carbons (Fsp3) is 0.222. The number of nitrogens with one attached hydrogen (secondary N) is 1. The number of aliphatic carboxylic acids is 1. The predicted octanol–water partition coefficient (Wildman–Crippen LogP) is 1.19. The maximum Gasteiger partial charge on any atom is 0.312 e. The fourth-order valence-electron chi connectivity index (χ4n) is 1.66. The van der Waals surface area contributed by atoms with Gasteiger partial charge in [0, 0.05) is 24.4 Å². The highest BCUT2D eigenvalue weighted by Gasteiger charge is 2.29. The third kappa shape index (κ3) is 1.50. The van der Waals surface area contributed by atoms with Gasteiger partial charge in [-0.05, 0) is 11.6 Å². The van der Waals surface area contributed by atoms with E-state index in [1.165, 1.54) is 18.2 Å². The van der Waals surface area contributed by atoms with Gasteiger partial charge >= 0.3 is 5.97 Å². The summed E-state index contributed by atoms with van der Waals surface area (Å²) in [5.41, 5.74) is 1.06. The van der Waals surface area contributed by atoms with Crippen LogP contribution in [0.1, 0.15) is 11.5 Å². The maximum atomic E-state index is 10.8. The molecule has 1 atom stereocenters. The molecule has 6 nitrogen and oxygen atoms in total. The van der Waals surface area contributed by atoms with Gasteiger partial charge in [-0.2, -0.15) is 0 Å². The number of nitro benzene ring substituents is 1. The molecule has 78 valence electrons. The number of nitrogens with zero attached hydrogens (tertiary/aromatic N) is 1. The molecule has 0 fully saturated rings. The van der Waals surface area contributed by atoms with Gasteiger partial charge in [-0.15, -0.1) is 0 Å². The zero-order valence-electron chi connectivity index (χ0n) is 7.64. The van der Waals surface area contributed by atoms with Crippen LogP contribution in [0.15, 0.2) is 18.2 Å². The first-order valence-electron chi connectivity index (χ1n) is 4.34. The Morgan fingerprint density at radius 3 is 2.93 bits per heavy atom. The summed E-state index contributed by atoms with van der Waals surface area (Å²) in [5.74, 6) is -1.67. The second-order valence-corrected chi connectivity index (χ2v) is 3.30. The van der Waals surface area contributed by atoms with Crippen LogP contribution < -0.4 is 5.32 Å². The van der Waals surface area contributed by atoms with Crippen LogP contribution in [-0.4, -0.2) is 22.5 Å². The molecule has 15 heavy (non-hydrogen) atoms. The molecule has 1 aromatic rings. The smallest absolute Gasteiger partial charge is 0.312 e. The molecule has 0 amide bonds. The summed E-state index contributed by atoms with van der Waals surface area (Å²) in [7, 11) is 0. The molecular weight excluding hydrogens is 200 g/mol. The average Bonchev–Trinajstić information content (AvgIpc) is 2.59. The summed E-state index contributed by atoms with van der Waals surface area (Å²) >= 11 is 0. The van der Waals surface area contributed by atoms with E-state index >= 15 is 0 Å². The average molecular weight is 208 g/mol. The first-order chi connectivity index (χ1) is 7.09. The first-order valence-corrected chi connectivity index (χ1v) is 4.34. The molecule has 6 heteroatoms. The molecular formula is C9H8N2O4.